The SMILES string of the molecule is CC1CN(c2ncc(C=O)s2)CCN1C. The van der Waals surface area contributed by atoms with Crippen LogP contribution in [0.15, 0.2) is 6.20 Å². The molecule has 0 saturated carbocycles. The zero-order valence-electron chi connectivity index (χ0n) is 9.01. The minimum atomic E-state index is 0.544. The normalized spacial score (nSPS) is 23.1. The van der Waals surface area contributed by atoms with Crippen molar-refractivity contribution in [1.29, 1.82) is 0 Å². The molecule has 82 valence electrons. The summed E-state index contributed by atoms with van der Waals surface area (Å²) in [7, 11) is 2.14. The van der Waals surface area contributed by atoms with Crippen molar-refractivity contribution < 1.29 is 4.79 Å². The van der Waals surface area contributed by atoms with Crippen molar-refractivity contribution in [2.75, 3.05) is 31.6 Å². The Hall–Kier alpha value is -0.940. The number of rotatable bonds is 2. The van der Waals surface area contributed by atoms with Gasteiger partial charge >= 0.3 is 0 Å². The van der Waals surface area contributed by atoms with E-state index in [-0.39, 0.29) is 0 Å². The Bertz CT molecular complexity index is 352. The number of hydrogen-bond acceptors (Lipinski definition) is 5. The minimum Gasteiger partial charge on any atom is -0.345 e. The zero-order chi connectivity index (χ0) is 10.8. The minimum absolute atomic E-state index is 0.544. The molecule has 5 heteroatoms. The van der Waals surface area contributed by atoms with Crippen LogP contribution in [0.5, 0.6) is 0 Å². The van der Waals surface area contributed by atoms with E-state index in [9.17, 15) is 4.79 Å². The Kier molecular flexibility index (Phi) is 3.02. The van der Waals surface area contributed by atoms with Gasteiger partial charge in [-0.25, -0.2) is 4.98 Å². The number of nitrogens with zero attached hydrogens (tertiary/aromatic N) is 3. The lowest BCUT2D eigenvalue weighted by Gasteiger charge is -2.37. The van der Waals surface area contributed by atoms with Crippen LogP contribution < -0.4 is 4.90 Å². The van der Waals surface area contributed by atoms with E-state index in [1.54, 1.807) is 6.20 Å². The Morgan fingerprint density at radius 2 is 2.40 bits per heavy atom. The van der Waals surface area contributed by atoms with Crippen LogP contribution in [-0.4, -0.2) is 48.9 Å². The highest BCUT2D eigenvalue weighted by atomic mass is 32.1. The first-order valence-corrected chi connectivity index (χ1v) is 5.88. The van der Waals surface area contributed by atoms with E-state index in [2.05, 4.69) is 28.8 Å². The van der Waals surface area contributed by atoms with Crippen molar-refractivity contribution in [3.63, 3.8) is 0 Å². The molecular formula is C10H15N3OS. The second kappa shape index (κ2) is 4.28. The highest BCUT2D eigenvalue weighted by Gasteiger charge is 2.22. The molecule has 0 amide bonds. The lowest BCUT2D eigenvalue weighted by Crippen LogP contribution is -2.50. The van der Waals surface area contributed by atoms with Crippen LogP contribution in [0.1, 0.15) is 16.6 Å². The predicted octanol–water partition coefficient (Wildman–Crippen LogP) is 1.10. The molecule has 0 aromatic carbocycles. The van der Waals surface area contributed by atoms with Crippen molar-refractivity contribution in [3.05, 3.63) is 11.1 Å². The maximum absolute atomic E-state index is 10.6. The first-order chi connectivity index (χ1) is 7.20. The number of carbonyl (C=O) groups is 1. The van der Waals surface area contributed by atoms with Gasteiger partial charge in [-0.2, -0.15) is 0 Å². The van der Waals surface area contributed by atoms with Crippen molar-refractivity contribution in [2.45, 2.75) is 13.0 Å². The molecule has 2 heterocycles. The molecule has 0 bridgehead atoms. The summed E-state index contributed by atoms with van der Waals surface area (Å²) in [6.45, 7) is 5.24. The summed E-state index contributed by atoms with van der Waals surface area (Å²) in [4.78, 5) is 20.1. The second-order valence-corrected chi connectivity index (χ2v) is 4.98. The lowest BCUT2D eigenvalue weighted by atomic mass is 10.2. The highest BCUT2D eigenvalue weighted by Crippen LogP contribution is 2.23. The lowest BCUT2D eigenvalue weighted by molar-refractivity contribution is 0.112. The number of carbonyl (C=O) groups excluding carboxylic acids is 1. The maximum Gasteiger partial charge on any atom is 0.186 e. The Balaban J connectivity index is 2.08. The fraction of sp³-hybridized carbons (Fsp3) is 0.600. The molecule has 0 aliphatic carbocycles. The van der Waals surface area contributed by atoms with E-state index in [1.807, 2.05) is 0 Å². The molecule has 1 atom stereocenters. The van der Waals surface area contributed by atoms with Crippen LogP contribution in [0.3, 0.4) is 0 Å². The Morgan fingerprint density at radius 3 is 3.00 bits per heavy atom. The zero-order valence-corrected chi connectivity index (χ0v) is 9.83. The second-order valence-electron chi connectivity index (χ2n) is 3.94. The average molecular weight is 225 g/mol. The number of piperazine rings is 1. The third kappa shape index (κ3) is 2.18. The molecule has 1 aromatic heterocycles. The van der Waals surface area contributed by atoms with E-state index < -0.39 is 0 Å². The first kappa shape index (κ1) is 10.6. The smallest absolute Gasteiger partial charge is 0.186 e. The van der Waals surface area contributed by atoms with E-state index in [1.165, 1.54) is 11.3 Å². The predicted molar refractivity (Wildman–Crippen MR) is 61.8 cm³/mol. The van der Waals surface area contributed by atoms with Crippen LogP contribution >= 0.6 is 11.3 Å². The number of anilines is 1. The standard InChI is InChI=1S/C10H15N3OS/c1-8-6-13(4-3-12(8)2)10-11-5-9(7-14)15-10/h5,7-8H,3-4,6H2,1-2H3. The molecule has 2 rings (SSSR count). The van der Waals surface area contributed by atoms with Crippen LogP contribution in [0.25, 0.3) is 0 Å². The summed E-state index contributed by atoms with van der Waals surface area (Å²) >= 11 is 1.47. The molecule has 0 spiro atoms. The van der Waals surface area contributed by atoms with Gasteiger partial charge in [0.2, 0.25) is 0 Å². The highest BCUT2D eigenvalue weighted by molar-refractivity contribution is 7.17. The topological polar surface area (TPSA) is 36.4 Å². The fourth-order valence-electron chi connectivity index (χ4n) is 1.70. The molecule has 1 aliphatic rings. The largest absolute Gasteiger partial charge is 0.345 e. The van der Waals surface area contributed by atoms with Gasteiger partial charge in [-0.15, -0.1) is 0 Å². The van der Waals surface area contributed by atoms with Crippen molar-refractivity contribution in [3.8, 4) is 0 Å². The molecule has 1 aliphatic heterocycles. The molecule has 0 N–H and O–H groups in total. The molecule has 1 fully saturated rings. The van der Waals surface area contributed by atoms with Gasteiger partial charge in [0.25, 0.3) is 0 Å². The summed E-state index contributed by atoms with van der Waals surface area (Å²) in [5, 5.41) is 0.969. The molecule has 15 heavy (non-hydrogen) atoms. The summed E-state index contributed by atoms with van der Waals surface area (Å²) in [5.74, 6) is 0. The summed E-state index contributed by atoms with van der Waals surface area (Å²) in [6.07, 6.45) is 2.51. The van der Waals surface area contributed by atoms with Gasteiger partial charge in [0, 0.05) is 25.7 Å². The molecular weight excluding hydrogens is 210 g/mol. The average Bonchev–Trinajstić information content (AvgIpc) is 2.70. The number of thiazole rings is 1. The Morgan fingerprint density at radius 1 is 1.60 bits per heavy atom. The van der Waals surface area contributed by atoms with Crippen molar-refractivity contribution in [1.82, 2.24) is 9.88 Å². The van der Waals surface area contributed by atoms with E-state index >= 15 is 0 Å². The van der Waals surface area contributed by atoms with Crippen LogP contribution in [0.4, 0.5) is 5.13 Å². The van der Waals surface area contributed by atoms with Crippen LogP contribution in [0, 0.1) is 0 Å². The number of aromatic nitrogens is 1. The van der Waals surface area contributed by atoms with Gasteiger partial charge in [0.1, 0.15) is 0 Å². The monoisotopic (exact) mass is 225 g/mol. The van der Waals surface area contributed by atoms with Gasteiger partial charge in [0.15, 0.2) is 11.4 Å². The third-order valence-corrected chi connectivity index (χ3v) is 3.84. The van der Waals surface area contributed by atoms with E-state index in [4.69, 9.17) is 0 Å². The number of aldehydes is 1. The summed E-state index contributed by atoms with van der Waals surface area (Å²) < 4.78 is 0. The first-order valence-electron chi connectivity index (χ1n) is 5.07. The van der Waals surface area contributed by atoms with Crippen molar-refractivity contribution >= 4 is 22.8 Å². The van der Waals surface area contributed by atoms with Gasteiger partial charge in [-0.05, 0) is 14.0 Å². The van der Waals surface area contributed by atoms with E-state index in [0.717, 1.165) is 31.1 Å². The molecule has 4 nitrogen and oxygen atoms in total. The van der Waals surface area contributed by atoms with Gasteiger partial charge in [-0.3, -0.25) is 4.79 Å². The molecule has 1 unspecified atom stereocenters. The number of hydrogen-bond donors (Lipinski definition) is 0. The quantitative estimate of drug-likeness (QED) is 0.706. The van der Waals surface area contributed by atoms with Gasteiger partial charge < -0.3 is 9.80 Å². The summed E-state index contributed by atoms with van der Waals surface area (Å²) in [6, 6.07) is 0.544. The van der Waals surface area contributed by atoms with Crippen LogP contribution in [0.2, 0.25) is 0 Å². The Labute approximate surface area is 93.5 Å². The van der Waals surface area contributed by atoms with Crippen LogP contribution in [-0.2, 0) is 0 Å². The van der Waals surface area contributed by atoms with Crippen molar-refractivity contribution in [2.24, 2.45) is 0 Å². The van der Waals surface area contributed by atoms with E-state index in [0.29, 0.717) is 10.9 Å². The maximum atomic E-state index is 10.6. The molecule has 1 saturated heterocycles. The third-order valence-electron chi connectivity index (χ3n) is 2.86. The van der Waals surface area contributed by atoms with Gasteiger partial charge in [0.05, 0.1) is 11.1 Å². The fourth-order valence-corrected chi connectivity index (χ4v) is 2.46. The summed E-state index contributed by atoms with van der Waals surface area (Å²) in [5.41, 5.74) is 0. The number of likely N-dealkylation sites (N-methyl/N-ethyl adjacent to an activating group) is 1. The van der Waals surface area contributed by atoms with Gasteiger partial charge in [-0.1, -0.05) is 11.3 Å². The molecule has 1 aromatic rings. The molecule has 0 radical (unpaired) electrons.